The molecule has 0 bridgehead atoms. The molecule has 0 aliphatic heterocycles. The van der Waals surface area contributed by atoms with Gasteiger partial charge < -0.3 is 5.32 Å². The van der Waals surface area contributed by atoms with E-state index in [2.05, 4.69) is 18.3 Å². The highest BCUT2D eigenvalue weighted by Gasteiger charge is 2.20. The SMILES string of the molecule is C[C@@H](NCC#N)C1CCCC1. The molecule has 1 aliphatic rings. The van der Waals surface area contributed by atoms with Gasteiger partial charge in [0.15, 0.2) is 0 Å². The summed E-state index contributed by atoms with van der Waals surface area (Å²) in [6.07, 6.45) is 5.45. The minimum Gasteiger partial charge on any atom is -0.302 e. The number of nitriles is 1. The highest BCUT2D eigenvalue weighted by Crippen LogP contribution is 2.27. The molecule has 2 heteroatoms. The molecule has 0 saturated heterocycles. The Kier molecular flexibility index (Phi) is 3.38. The molecule has 1 aliphatic carbocycles. The van der Waals surface area contributed by atoms with Crippen LogP contribution in [0, 0.1) is 17.2 Å². The molecule has 0 unspecified atom stereocenters. The molecule has 1 fully saturated rings. The Bertz CT molecular complexity index is 142. The molecule has 62 valence electrons. The second kappa shape index (κ2) is 4.35. The lowest BCUT2D eigenvalue weighted by atomic mass is 10.00. The van der Waals surface area contributed by atoms with Gasteiger partial charge in [-0.15, -0.1) is 0 Å². The van der Waals surface area contributed by atoms with Gasteiger partial charge in [0.1, 0.15) is 0 Å². The number of hydrogen-bond donors (Lipinski definition) is 1. The maximum absolute atomic E-state index is 8.35. The molecule has 0 amide bonds. The fraction of sp³-hybridized carbons (Fsp3) is 0.889. The zero-order chi connectivity index (χ0) is 8.10. The van der Waals surface area contributed by atoms with Crippen LogP contribution in [-0.2, 0) is 0 Å². The smallest absolute Gasteiger partial charge is 0.0843 e. The fourth-order valence-electron chi connectivity index (χ4n) is 1.83. The lowest BCUT2D eigenvalue weighted by Gasteiger charge is -2.18. The molecule has 1 atom stereocenters. The van der Waals surface area contributed by atoms with Crippen molar-refractivity contribution in [1.29, 1.82) is 5.26 Å². The molecule has 0 aromatic carbocycles. The molecule has 2 nitrogen and oxygen atoms in total. The van der Waals surface area contributed by atoms with E-state index in [1.165, 1.54) is 25.7 Å². The van der Waals surface area contributed by atoms with Gasteiger partial charge in [-0.3, -0.25) is 0 Å². The largest absolute Gasteiger partial charge is 0.302 e. The highest BCUT2D eigenvalue weighted by atomic mass is 14.9. The van der Waals surface area contributed by atoms with E-state index in [9.17, 15) is 0 Å². The molecular formula is C9H16N2. The number of nitrogens with one attached hydrogen (secondary N) is 1. The predicted molar refractivity (Wildman–Crippen MR) is 45.0 cm³/mol. The van der Waals surface area contributed by atoms with Gasteiger partial charge >= 0.3 is 0 Å². The standard InChI is InChI=1S/C9H16N2/c1-8(11-7-6-10)9-4-2-3-5-9/h8-9,11H,2-5,7H2,1H3/t8-/m1/s1. The van der Waals surface area contributed by atoms with Gasteiger partial charge in [0.05, 0.1) is 12.6 Å². The van der Waals surface area contributed by atoms with Crippen LogP contribution in [0.4, 0.5) is 0 Å². The normalized spacial score (nSPS) is 21.5. The van der Waals surface area contributed by atoms with Crippen molar-refractivity contribution in [3.05, 3.63) is 0 Å². The second-order valence-corrected chi connectivity index (χ2v) is 3.37. The van der Waals surface area contributed by atoms with Crippen molar-refractivity contribution in [1.82, 2.24) is 5.32 Å². The fourth-order valence-corrected chi connectivity index (χ4v) is 1.83. The van der Waals surface area contributed by atoms with Gasteiger partial charge in [-0.1, -0.05) is 12.8 Å². The number of nitrogens with zero attached hydrogens (tertiary/aromatic N) is 1. The Hall–Kier alpha value is -0.550. The van der Waals surface area contributed by atoms with Crippen LogP contribution in [0.2, 0.25) is 0 Å². The van der Waals surface area contributed by atoms with Crippen LogP contribution in [0.5, 0.6) is 0 Å². The molecule has 0 heterocycles. The summed E-state index contributed by atoms with van der Waals surface area (Å²) >= 11 is 0. The van der Waals surface area contributed by atoms with E-state index in [0.717, 1.165) is 5.92 Å². The van der Waals surface area contributed by atoms with Crippen molar-refractivity contribution in [3.8, 4) is 6.07 Å². The van der Waals surface area contributed by atoms with Crippen molar-refractivity contribution >= 4 is 0 Å². The Morgan fingerprint density at radius 3 is 2.73 bits per heavy atom. The van der Waals surface area contributed by atoms with E-state index < -0.39 is 0 Å². The topological polar surface area (TPSA) is 35.8 Å². The van der Waals surface area contributed by atoms with Crippen molar-refractivity contribution in [2.75, 3.05) is 6.54 Å². The van der Waals surface area contributed by atoms with E-state index in [4.69, 9.17) is 5.26 Å². The number of rotatable bonds is 3. The van der Waals surface area contributed by atoms with E-state index in [-0.39, 0.29) is 0 Å². The van der Waals surface area contributed by atoms with Gasteiger partial charge in [-0.2, -0.15) is 5.26 Å². The van der Waals surface area contributed by atoms with Crippen molar-refractivity contribution in [3.63, 3.8) is 0 Å². The Labute approximate surface area is 68.6 Å². The Balaban J connectivity index is 2.18. The van der Waals surface area contributed by atoms with Gasteiger partial charge in [0, 0.05) is 6.04 Å². The maximum Gasteiger partial charge on any atom is 0.0843 e. The van der Waals surface area contributed by atoms with Crippen molar-refractivity contribution in [2.45, 2.75) is 38.6 Å². The molecule has 1 N–H and O–H groups in total. The zero-order valence-electron chi connectivity index (χ0n) is 7.14. The van der Waals surface area contributed by atoms with Gasteiger partial charge in [0.2, 0.25) is 0 Å². The van der Waals surface area contributed by atoms with E-state index in [1.807, 2.05) is 0 Å². The average Bonchev–Trinajstić information content (AvgIpc) is 2.52. The molecule has 0 aromatic heterocycles. The summed E-state index contributed by atoms with van der Waals surface area (Å²) < 4.78 is 0. The van der Waals surface area contributed by atoms with Gasteiger partial charge in [-0.05, 0) is 25.7 Å². The third-order valence-electron chi connectivity index (χ3n) is 2.61. The van der Waals surface area contributed by atoms with E-state index in [1.54, 1.807) is 0 Å². The van der Waals surface area contributed by atoms with E-state index in [0.29, 0.717) is 12.6 Å². The van der Waals surface area contributed by atoms with Crippen LogP contribution in [0.1, 0.15) is 32.6 Å². The summed E-state index contributed by atoms with van der Waals surface area (Å²) in [4.78, 5) is 0. The monoisotopic (exact) mass is 152 g/mol. The lowest BCUT2D eigenvalue weighted by molar-refractivity contribution is 0.396. The average molecular weight is 152 g/mol. The Morgan fingerprint density at radius 1 is 1.55 bits per heavy atom. The van der Waals surface area contributed by atoms with Crippen LogP contribution in [0.15, 0.2) is 0 Å². The quantitative estimate of drug-likeness (QED) is 0.624. The first-order valence-electron chi connectivity index (χ1n) is 4.45. The first-order chi connectivity index (χ1) is 5.34. The van der Waals surface area contributed by atoms with Crippen LogP contribution in [0.25, 0.3) is 0 Å². The van der Waals surface area contributed by atoms with Crippen molar-refractivity contribution < 1.29 is 0 Å². The molecule has 0 spiro atoms. The van der Waals surface area contributed by atoms with Crippen molar-refractivity contribution in [2.24, 2.45) is 5.92 Å². The van der Waals surface area contributed by atoms with E-state index >= 15 is 0 Å². The van der Waals surface area contributed by atoms with Gasteiger partial charge in [-0.25, -0.2) is 0 Å². The summed E-state index contributed by atoms with van der Waals surface area (Å²) in [5, 5.41) is 11.6. The molecule has 0 radical (unpaired) electrons. The van der Waals surface area contributed by atoms with Crippen LogP contribution < -0.4 is 5.32 Å². The zero-order valence-corrected chi connectivity index (χ0v) is 7.14. The van der Waals surface area contributed by atoms with Crippen LogP contribution in [-0.4, -0.2) is 12.6 Å². The summed E-state index contributed by atoms with van der Waals surface area (Å²) in [6.45, 7) is 2.69. The minimum absolute atomic E-state index is 0.498. The first-order valence-corrected chi connectivity index (χ1v) is 4.45. The summed E-state index contributed by atoms with van der Waals surface area (Å²) in [5.41, 5.74) is 0. The lowest BCUT2D eigenvalue weighted by Crippen LogP contribution is -2.32. The molecule has 1 saturated carbocycles. The second-order valence-electron chi connectivity index (χ2n) is 3.37. The van der Waals surface area contributed by atoms with Gasteiger partial charge in [0.25, 0.3) is 0 Å². The third kappa shape index (κ3) is 2.51. The minimum atomic E-state index is 0.498. The predicted octanol–water partition coefficient (Wildman–Crippen LogP) is 1.68. The van der Waals surface area contributed by atoms with Crippen LogP contribution in [0.3, 0.4) is 0 Å². The first kappa shape index (κ1) is 8.55. The summed E-state index contributed by atoms with van der Waals surface area (Å²) in [6, 6.07) is 2.65. The molecule has 11 heavy (non-hydrogen) atoms. The summed E-state index contributed by atoms with van der Waals surface area (Å²) in [5.74, 6) is 0.823. The highest BCUT2D eigenvalue weighted by molar-refractivity contribution is 4.81. The number of hydrogen-bond acceptors (Lipinski definition) is 2. The van der Waals surface area contributed by atoms with Crippen LogP contribution >= 0.6 is 0 Å². The molecule has 1 rings (SSSR count). The molecule has 0 aromatic rings. The summed E-state index contributed by atoms with van der Waals surface area (Å²) in [7, 11) is 0. The third-order valence-corrected chi connectivity index (χ3v) is 2.61. The molecular weight excluding hydrogens is 136 g/mol. The Morgan fingerprint density at radius 2 is 2.18 bits per heavy atom. The maximum atomic E-state index is 8.35.